The third-order valence-electron chi connectivity index (χ3n) is 10.9. The van der Waals surface area contributed by atoms with E-state index in [1.165, 1.54) is 38.2 Å². The molecule has 10 rings (SSSR count). The molecule has 0 saturated heterocycles. The van der Waals surface area contributed by atoms with Crippen molar-refractivity contribution in [2.24, 2.45) is 5.92 Å². The Morgan fingerprint density at radius 3 is 1.93 bits per heavy atom. The number of para-hydroxylation sites is 1. The first-order valence-electron chi connectivity index (χ1n) is 18.7. The van der Waals surface area contributed by atoms with E-state index in [9.17, 15) is 0 Å². The maximum absolute atomic E-state index is 6.20. The zero-order valence-corrected chi connectivity index (χ0v) is 30.0. The molecule has 0 saturated carbocycles. The SMILES string of the molecule is CC1C=CC=CC1c1cc2ccccc2cc1Nc1ccc(-c2ccc(N(c3ccc4oc5ccccc5c4c3)c3cccc4ccccc34)cc2)cc1. The van der Waals surface area contributed by atoms with Crippen LogP contribution in [-0.2, 0) is 0 Å². The lowest BCUT2D eigenvalue weighted by atomic mass is 9.82. The lowest BCUT2D eigenvalue weighted by Crippen LogP contribution is -2.10. The van der Waals surface area contributed by atoms with Crippen LogP contribution in [0.2, 0.25) is 0 Å². The number of furan rings is 1. The number of hydrogen-bond donors (Lipinski definition) is 1. The van der Waals surface area contributed by atoms with Crippen molar-refractivity contribution in [3.8, 4) is 11.1 Å². The fourth-order valence-electron chi connectivity index (χ4n) is 8.14. The molecule has 0 aliphatic heterocycles. The second kappa shape index (κ2) is 13.3. The normalized spacial score (nSPS) is 15.4. The van der Waals surface area contributed by atoms with Crippen molar-refractivity contribution in [2.75, 3.05) is 10.2 Å². The van der Waals surface area contributed by atoms with Crippen molar-refractivity contribution in [1.82, 2.24) is 0 Å². The number of allylic oxidation sites excluding steroid dienone is 4. The summed E-state index contributed by atoms with van der Waals surface area (Å²) in [6.45, 7) is 2.30. The van der Waals surface area contributed by atoms with E-state index in [1.54, 1.807) is 0 Å². The highest BCUT2D eigenvalue weighted by molar-refractivity contribution is 6.07. The highest BCUT2D eigenvalue weighted by Gasteiger charge is 2.21. The Morgan fingerprint density at radius 2 is 1.13 bits per heavy atom. The van der Waals surface area contributed by atoms with Crippen molar-refractivity contribution < 1.29 is 4.42 Å². The van der Waals surface area contributed by atoms with Crippen LogP contribution in [-0.4, -0.2) is 0 Å². The summed E-state index contributed by atoms with van der Waals surface area (Å²) in [7, 11) is 0. The Bertz CT molecular complexity index is 2870. The second-order valence-corrected chi connectivity index (χ2v) is 14.3. The Kier molecular flexibility index (Phi) is 7.84. The molecule has 9 aromatic rings. The van der Waals surface area contributed by atoms with Gasteiger partial charge >= 0.3 is 0 Å². The number of hydrogen-bond acceptors (Lipinski definition) is 3. The maximum Gasteiger partial charge on any atom is 0.135 e. The van der Waals surface area contributed by atoms with Crippen LogP contribution in [0.3, 0.4) is 0 Å². The van der Waals surface area contributed by atoms with E-state index >= 15 is 0 Å². The van der Waals surface area contributed by atoms with Crippen LogP contribution >= 0.6 is 0 Å². The summed E-state index contributed by atoms with van der Waals surface area (Å²) >= 11 is 0. The van der Waals surface area contributed by atoms with Crippen LogP contribution < -0.4 is 10.2 Å². The van der Waals surface area contributed by atoms with Gasteiger partial charge in [-0.25, -0.2) is 0 Å². The molecule has 0 bridgehead atoms. The highest BCUT2D eigenvalue weighted by Crippen LogP contribution is 2.42. The summed E-state index contributed by atoms with van der Waals surface area (Å²) in [5.74, 6) is 0.737. The summed E-state index contributed by atoms with van der Waals surface area (Å²) in [6.07, 6.45) is 8.95. The number of fused-ring (bicyclic) bond motifs is 5. The third-order valence-corrected chi connectivity index (χ3v) is 10.9. The van der Waals surface area contributed by atoms with E-state index in [0.29, 0.717) is 11.8 Å². The molecule has 1 aliphatic carbocycles. The predicted molar refractivity (Wildman–Crippen MR) is 229 cm³/mol. The Hall–Kier alpha value is -6.84. The molecular formula is C51H38N2O. The Labute approximate surface area is 315 Å². The van der Waals surface area contributed by atoms with Gasteiger partial charge in [-0.1, -0.05) is 134 Å². The lowest BCUT2D eigenvalue weighted by molar-refractivity contribution is 0.637. The molecule has 1 heterocycles. The van der Waals surface area contributed by atoms with Crippen molar-refractivity contribution in [1.29, 1.82) is 0 Å². The van der Waals surface area contributed by atoms with Gasteiger partial charge in [-0.05, 0) is 105 Å². The minimum absolute atomic E-state index is 0.314. The van der Waals surface area contributed by atoms with Crippen LogP contribution in [0.5, 0.6) is 0 Å². The first kappa shape index (κ1) is 31.9. The average Bonchev–Trinajstić information content (AvgIpc) is 3.60. The summed E-state index contributed by atoms with van der Waals surface area (Å²) in [6, 6.07) is 60.9. The number of nitrogens with zero attached hydrogens (tertiary/aromatic N) is 1. The van der Waals surface area contributed by atoms with Crippen molar-refractivity contribution in [2.45, 2.75) is 12.8 Å². The minimum Gasteiger partial charge on any atom is -0.456 e. The topological polar surface area (TPSA) is 28.4 Å². The number of nitrogens with one attached hydrogen (secondary N) is 1. The second-order valence-electron chi connectivity index (χ2n) is 14.3. The molecule has 3 heteroatoms. The zero-order chi connectivity index (χ0) is 36.0. The molecule has 2 unspecified atom stereocenters. The molecule has 0 spiro atoms. The van der Waals surface area contributed by atoms with Gasteiger partial charge in [0.25, 0.3) is 0 Å². The number of anilines is 5. The van der Waals surface area contributed by atoms with E-state index in [4.69, 9.17) is 4.42 Å². The molecule has 8 aromatic carbocycles. The summed E-state index contributed by atoms with van der Waals surface area (Å²) in [5, 5.41) is 10.9. The molecule has 258 valence electrons. The maximum atomic E-state index is 6.20. The van der Waals surface area contributed by atoms with Gasteiger partial charge in [0.2, 0.25) is 0 Å². The van der Waals surface area contributed by atoms with Crippen LogP contribution in [0.1, 0.15) is 18.4 Å². The molecule has 1 aromatic heterocycles. The summed E-state index contributed by atoms with van der Waals surface area (Å²) < 4.78 is 6.20. The molecule has 0 radical (unpaired) electrons. The van der Waals surface area contributed by atoms with Crippen LogP contribution in [0.25, 0.3) is 54.6 Å². The predicted octanol–water partition coefficient (Wildman–Crippen LogP) is 14.6. The largest absolute Gasteiger partial charge is 0.456 e. The quantitative estimate of drug-likeness (QED) is 0.180. The van der Waals surface area contributed by atoms with Crippen LogP contribution in [0.4, 0.5) is 28.4 Å². The van der Waals surface area contributed by atoms with Crippen molar-refractivity contribution in [3.05, 3.63) is 200 Å². The van der Waals surface area contributed by atoms with Gasteiger partial charge in [-0.3, -0.25) is 0 Å². The molecule has 0 amide bonds. The summed E-state index contributed by atoms with van der Waals surface area (Å²) in [5.41, 5.74) is 11.0. The van der Waals surface area contributed by atoms with Gasteiger partial charge in [-0.2, -0.15) is 0 Å². The van der Waals surface area contributed by atoms with Gasteiger partial charge in [0.1, 0.15) is 11.2 Å². The van der Waals surface area contributed by atoms with E-state index < -0.39 is 0 Å². The van der Waals surface area contributed by atoms with E-state index in [1.807, 2.05) is 12.1 Å². The van der Waals surface area contributed by atoms with E-state index in [0.717, 1.165) is 50.4 Å². The van der Waals surface area contributed by atoms with Gasteiger partial charge in [-0.15, -0.1) is 0 Å². The first-order valence-corrected chi connectivity index (χ1v) is 18.7. The van der Waals surface area contributed by atoms with Crippen molar-refractivity contribution in [3.63, 3.8) is 0 Å². The highest BCUT2D eigenvalue weighted by atomic mass is 16.3. The molecule has 0 fully saturated rings. The Balaban J connectivity index is 0.991. The summed E-state index contributed by atoms with van der Waals surface area (Å²) in [4.78, 5) is 2.36. The molecule has 3 nitrogen and oxygen atoms in total. The van der Waals surface area contributed by atoms with E-state index in [2.05, 4.69) is 199 Å². The van der Waals surface area contributed by atoms with Gasteiger partial charge in [0.05, 0.1) is 5.69 Å². The zero-order valence-electron chi connectivity index (χ0n) is 30.0. The standard InChI is InChI=1S/C51H38N2O/c1-34-11-2-6-16-43(34)46-31-38-13-3-4-14-39(38)32-48(46)52-40-25-21-35(22-26-40)36-23-27-41(28-24-36)53(49-19-10-15-37-12-5-7-17-44(37)49)42-29-30-51-47(33-42)45-18-8-9-20-50(45)54-51/h2-34,43,52H,1H3. The van der Waals surface area contributed by atoms with E-state index in [-0.39, 0.29) is 0 Å². The molecule has 1 aliphatic rings. The number of rotatable bonds is 7. The van der Waals surface area contributed by atoms with Gasteiger partial charge < -0.3 is 14.6 Å². The van der Waals surface area contributed by atoms with Gasteiger partial charge in [0.15, 0.2) is 0 Å². The lowest BCUT2D eigenvalue weighted by Gasteiger charge is -2.27. The smallest absolute Gasteiger partial charge is 0.135 e. The number of benzene rings is 8. The molecule has 1 N–H and O–H groups in total. The molecular weight excluding hydrogens is 657 g/mol. The van der Waals surface area contributed by atoms with Crippen LogP contribution in [0, 0.1) is 5.92 Å². The minimum atomic E-state index is 0.314. The van der Waals surface area contributed by atoms with Crippen molar-refractivity contribution >= 4 is 71.9 Å². The molecule has 2 atom stereocenters. The monoisotopic (exact) mass is 694 g/mol. The fourth-order valence-corrected chi connectivity index (χ4v) is 8.14. The average molecular weight is 695 g/mol. The molecule has 54 heavy (non-hydrogen) atoms. The van der Waals surface area contributed by atoms with Crippen LogP contribution in [0.15, 0.2) is 199 Å². The van der Waals surface area contributed by atoms with Gasteiger partial charge in [0, 0.05) is 44.8 Å². The fraction of sp³-hybridized carbons (Fsp3) is 0.0588. The Morgan fingerprint density at radius 1 is 0.500 bits per heavy atom. The third kappa shape index (κ3) is 5.71. The first-order chi connectivity index (χ1) is 26.7.